The lowest BCUT2D eigenvalue weighted by Crippen LogP contribution is -1.96. The van der Waals surface area contributed by atoms with Gasteiger partial charge < -0.3 is 9.73 Å². The topological polar surface area (TPSA) is 63.8 Å². The predicted octanol–water partition coefficient (Wildman–Crippen LogP) is 6.42. The Morgan fingerprint density at radius 1 is 0.966 bits per heavy atom. The molecule has 0 spiro atoms. The molecule has 4 aromatic rings. The largest absolute Gasteiger partial charge is 0.417 e. The van der Waals surface area contributed by atoms with E-state index < -0.39 is 5.82 Å². The molecule has 2 heterocycles. The summed E-state index contributed by atoms with van der Waals surface area (Å²) in [5.41, 5.74) is 1.81. The number of hydrogen-bond donors (Lipinski definition) is 1. The quantitative estimate of drug-likeness (QED) is 0.358. The maximum Gasteiger partial charge on any atom is 0.252 e. The van der Waals surface area contributed by atoms with Crippen LogP contribution in [0.25, 0.3) is 22.7 Å². The fraction of sp³-hybridized carbons (Fsp3) is 0.105. The van der Waals surface area contributed by atoms with Crippen molar-refractivity contribution in [1.82, 2.24) is 15.0 Å². The molecule has 0 amide bonds. The van der Waals surface area contributed by atoms with Gasteiger partial charge in [0.05, 0.1) is 5.02 Å². The molecule has 2 aromatic heterocycles. The minimum atomic E-state index is -0.514. The van der Waals surface area contributed by atoms with Gasteiger partial charge in [-0.15, -0.1) is 23.2 Å². The van der Waals surface area contributed by atoms with Crippen molar-refractivity contribution >= 4 is 57.5 Å². The maximum absolute atomic E-state index is 13.3. The van der Waals surface area contributed by atoms with Gasteiger partial charge in [-0.2, -0.15) is 4.98 Å². The SMILES string of the molecule is ClCCCl.Fc1ccc(-c2nc3c(Nc4ccc(F)c(Cl)c4)ncnc3o2)cc1. The number of anilines is 2. The summed E-state index contributed by atoms with van der Waals surface area (Å²) in [7, 11) is 0. The van der Waals surface area contributed by atoms with Crippen molar-refractivity contribution in [3.8, 4) is 11.5 Å². The molecule has 0 unspecified atom stereocenters. The summed E-state index contributed by atoms with van der Waals surface area (Å²) in [5, 5.41) is 2.99. The van der Waals surface area contributed by atoms with Crippen molar-refractivity contribution in [1.29, 1.82) is 0 Å². The van der Waals surface area contributed by atoms with Gasteiger partial charge in [0, 0.05) is 23.0 Å². The summed E-state index contributed by atoms with van der Waals surface area (Å²) in [6.07, 6.45) is 1.31. The van der Waals surface area contributed by atoms with E-state index in [1.807, 2.05) is 0 Å². The van der Waals surface area contributed by atoms with Crippen LogP contribution in [0.15, 0.2) is 53.2 Å². The van der Waals surface area contributed by atoms with Crippen molar-refractivity contribution in [2.75, 3.05) is 17.1 Å². The van der Waals surface area contributed by atoms with E-state index in [2.05, 4.69) is 20.3 Å². The second-order valence-electron chi connectivity index (χ2n) is 5.53. The number of benzene rings is 2. The average molecular weight is 458 g/mol. The summed E-state index contributed by atoms with van der Waals surface area (Å²) in [6, 6.07) is 9.95. The molecule has 150 valence electrons. The summed E-state index contributed by atoms with van der Waals surface area (Å²) in [6.45, 7) is 0. The van der Waals surface area contributed by atoms with Crippen LogP contribution in [-0.2, 0) is 0 Å². The molecular formula is C19H13Cl3F2N4O. The minimum absolute atomic E-state index is 0.0116. The standard InChI is InChI=1S/C17H9ClF2N4O.C2H4Cl2/c18-12-7-11(5-6-13(12)20)23-15-14-17(22-8-21-15)25-16(24-14)9-1-3-10(19)4-2-9;3-1-2-4/h1-8H,(H,21,22,23);1-2H2. The van der Waals surface area contributed by atoms with Crippen LogP contribution < -0.4 is 5.32 Å². The molecule has 1 N–H and O–H groups in total. The van der Waals surface area contributed by atoms with Crippen LogP contribution in [0.3, 0.4) is 0 Å². The van der Waals surface area contributed by atoms with Crippen molar-refractivity contribution in [3.63, 3.8) is 0 Å². The van der Waals surface area contributed by atoms with E-state index in [-0.39, 0.29) is 22.4 Å². The number of hydrogen-bond acceptors (Lipinski definition) is 5. The Balaban J connectivity index is 0.000000552. The van der Waals surface area contributed by atoms with Crippen LogP contribution in [0.1, 0.15) is 0 Å². The van der Waals surface area contributed by atoms with E-state index in [0.717, 1.165) is 0 Å². The van der Waals surface area contributed by atoms with Gasteiger partial charge in [-0.25, -0.2) is 18.7 Å². The zero-order valence-electron chi connectivity index (χ0n) is 14.7. The van der Waals surface area contributed by atoms with Crippen LogP contribution in [-0.4, -0.2) is 26.7 Å². The third kappa shape index (κ3) is 5.32. The molecule has 2 aromatic carbocycles. The first-order chi connectivity index (χ1) is 14.0. The third-order valence-corrected chi connectivity index (χ3v) is 4.40. The van der Waals surface area contributed by atoms with Crippen molar-refractivity contribution < 1.29 is 13.2 Å². The Bertz CT molecular complexity index is 1100. The zero-order chi connectivity index (χ0) is 20.8. The smallest absolute Gasteiger partial charge is 0.252 e. The Labute approximate surface area is 179 Å². The van der Waals surface area contributed by atoms with Gasteiger partial charge in [-0.3, -0.25) is 0 Å². The molecule has 10 heteroatoms. The number of nitrogens with one attached hydrogen (secondary N) is 1. The molecule has 0 aliphatic heterocycles. The number of rotatable bonds is 4. The van der Waals surface area contributed by atoms with Crippen molar-refractivity contribution in [3.05, 3.63) is 65.4 Å². The average Bonchev–Trinajstić information content (AvgIpc) is 3.17. The lowest BCUT2D eigenvalue weighted by molar-refractivity contribution is 0.605. The Morgan fingerprint density at radius 3 is 2.34 bits per heavy atom. The molecule has 0 saturated carbocycles. The summed E-state index contributed by atoms with van der Waals surface area (Å²) >= 11 is 15.9. The van der Waals surface area contributed by atoms with Gasteiger partial charge in [0.1, 0.15) is 18.0 Å². The fourth-order valence-electron chi connectivity index (χ4n) is 2.27. The highest BCUT2D eigenvalue weighted by atomic mass is 35.5. The molecule has 5 nitrogen and oxygen atoms in total. The molecule has 0 bridgehead atoms. The number of aromatic nitrogens is 3. The molecule has 0 radical (unpaired) electrons. The highest BCUT2D eigenvalue weighted by Crippen LogP contribution is 2.29. The van der Waals surface area contributed by atoms with E-state index >= 15 is 0 Å². The van der Waals surface area contributed by atoms with Gasteiger partial charge in [0.2, 0.25) is 5.89 Å². The van der Waals surface area contributed by atoms with Crippen LogP contribution >= 0.6 is 34.8 Å². The Morgan fingerprint density at radius 2 is 1.69 bits per heavy atom. The number of nitrogens with zero attached hydrogens (tertiary/aromatic N) is 3. The van der Waals surface area contributed by atoms with Gasteiger partial charge in [0.15, 0.2) is 11.3 Å². The molecule has 0 saturated heterocycles. The minimum Gasteiger partial charge on any atom is -0.417 e. The molecule has 0 aliphatic carbocycles. The van der Waals surface area contributed by atoms with E-state index in [9.17, 15) is 8.78 Å². The lowest BCUT2D eigenvalue weighted by atomic mass is 10.2. The molecule has 0 aliphatic rings. The van der Waals surface area contributed by atoms with E-state index in [1.54, 1.807) is 12.1 Å². The fourth-order valence-corrected chi connectivity index (χ4v) is 2.45. The lowest BCUT2D eigenvalue weighted by Gasteiger charge is -2.05. The van der Waals surface area contributed by atoms with Gasteiger partial charge >= 0.3 is 0 Å². The predicted molar refractivity (Wildman–Crippen MR) is 111 cm³/mol. The molecule has 29 heavy (non-hydrogen) atoms. The first kappa shape index (κ1) is 21.2. The second kappa shape index (κ2) is 9.82. The summed E-state index contributed by atoms with van der Waals surface area (Å²) in [5.74, 6) is 0.916. The van der Waals surface area contributed by atoms with Gasteiger partial charge in [0.25, 0.3) is 5.71 Å². The second-order valence-corrected chi connectivity index (χ2v) is 6.70. The van der Waals surface area contributed by atoms with E-state index in [1.165, 1.54) is 36.7 Å². The number of fused-ring (bicyclic) bond motifs is 1. The van der Waals surface area contributed by atoms with Crippen LogP contribution in [0.4, 0.5) is 20.3 Å². The van der Waals surface area contributed by atoms with Crippen LogP contribution in [0.2, 0.25) is 5.02 Å². The van der Waals surface area contributed by atoms with Gasteiger partial charge in [-0.1, -0.05) is 11.6 Å². The molecule has 4 rings (SSSR count). The van der Waals surface area contributed by atoms with Gasteiger partial charge in [-0.05, 0) is 42.5 Å². The first-order valence-electron chi connectivity index (χ1n) is 8.23. The van der Waals surface area contributed by atoms with Crippen LogP contribution in [0.5, 0.6) is 0 Å². The summed E-state index contributed by atoms with van der Waals surface area (Å²) in [4.78, 5) is 12.5. The number of halogens is 5. The van der Waals surface area contributed by atoms with Crippen LogP contribution in [0, 0.1) is 11.6 Å². The molecule has 0 fully saturated rings. The highest BCUT2D eigenvalue weighted by molar-refractivity contribution is 6.31. The highest BCUT2D eigenvalue weighted by Gasteiger charge is 2.14. The van der Waals surface area contributed by atoms with E-state index in [0.29, 0.717) is 34.3 Å². The number of oxazole rings is 1. The van der Waals surface area contributed by atoms with E-state index in [4.69, 9.17) is 39.2 Å². The maximum atomic E-state index is 13.3. The molecule has 0 atom stereocenters. The normalized spacial score (nSPS) is 10.5. The number of alkyl halides is 2. The first-order valence-corrected chi connectivity index (χ1v) is 9.68. The Kier molecular flexibility index (Phi) is 7.19. The third-order valence-electron chi connectivity index (χ3n) is 3.54. The van der Waals surface area contributed by atoms with Crippen molar-refractivity contribution in [2.45, 2.75) is 0 Å². The molecular weight excluding hydrogens is 445 g/mol. The summed E-state index contributed by atoms with van der Waals surface area (Å²) < 4.78 is 31.9. The van der Waals surface area contributed by atoms with Crippen molar-refractivity contribution in [2.24, 2.45) is 0 Å². The Hall–Kier alpha value is -2.48. The monoisotopic (exact) mass is 456 g/mol. The zero-order valence-corrected chi connectivity index (χ0v) is 16.9.